The van der Waals surface area contributed by atoms with Crippen LogP contribution in [0.1, 0.15) is 39.0 Å². The lowest BCUT2D eigenvalue weighted by Gasteiger charge is -2.12. The fourth-order valence-electron chi connectivity index (χ4n) is 1.58. The molecule has 0 radical (unpaired) electrons. The van der Waals surface area contributed by atoms with Gasteiger partial charge in [-0.1, -0.05) is 26.2 Å². The van der Waals surface area contributed by atoms with Crippen LogP contribution in [-0.4, -0.2) is 53.7 Å². The van der Waals surface area contributed by atoms with Gasteiger partial charge in [-0.2, -0.15) is 0 Å². The number of unbranched alkanes of at least 4 members (excludes halogenated alkanes) is 3. The normalized spacial score (nSPS) is 14.6. The first kappa shape index (κ1) is 18.0. The van der Waals surface area contributed by atoms with Crippen LogP contribution in [0.15, 0.2) is 0 Å². The van der Waals surface area contributed by atoms with Crippen molar-refractivity contribution in [1.29, 1.82) is 0 Å². The van der Waals surface area contributed by atoms with E-state index in [1.807, 2.05) is 0 Å². The van der Waals surface area contributed by atoms with Gasteiger partial charge < -0.3 is 15.2 Å². The third-order valence-electron chi connectivity index (χ3n) is 2.62. The van der Waals surface area contributed by atoms with Crippen LogP contribution in [0.25, 0.3) is 0 Å². The molecule has 2 N–H and O–H groups in total. The summed E-state index contributed by atoms with van der Waals surface area (Å²) in [5.74, 6) is 0.719. The lowest BCUT2D eigenvalue weighted by molar-refractivity contribution is 0.0356. The average Bonchev–Trinajstić information content (AvgIpc) is 2.33. The number of aliphatic hydroxyl groups excluding tert-OH is 1. The lowest BCUT2D eigenvalue weighted by atomic mass is 10.2. The number of rotatable bonds is 13. The molecule has 0 saturated heterocycles. The van der Waals surface area contributed by atoms with Crippen LogP contribution in [0.5, 0.6) is 0 Å². The summed E-state index contributed by atoms with van der Waals surface area (Å²) in [6.45, 7) is 4.67. The number of nitrogens with one attached hydrogen (secondary N) is 1. The Kier molecular flexibility index (Phi) is 13.5. The highest BCUT2D eigenvalue weighted by atomic mass is 32.2. The molecule has 0 aromatic heterocycles. The van der Waals surface area contributed by atoms with Crippen LogP contribution in [-0.2, 0) is 15.5 Å². The molecule has 5 heteroatoms. The summed E-state index contributed by atoms with van der Waals surface area (Å²) in [5.41, 5.74) is 0. The van der Waals surface area contributed by atoms with Gasteiger partial charge in [-0.3, -0.25) is 4.21 Å². The van der Waals surface area contributed by atoms with Gasteiger partial charge in [-0.15, -0.1) is 0 Å². The molecular weight excluding hydrogens is 250 g/mol. The highest BCUT2D eigenvalue weighted by molar-refractivity contribution is 7.84. The van der Waals surface area contributed by atoms with Gasteiger partial charge in [0.25, 0.3) is 0 Å². The van der Waals surface area contributed by atoms with Crippen molar-refractivity contribution in [2.45, 2.75) is 45.1 Å². The van der Waals surface area contributed by atoms with E-state index >= 15 is 0 Å². The second-order valence-electron chi connectivity index (χ2n) is 4.62. The first-order chi connectivity index (χ1) is 8.66. The topological polar surface area (TPSA) is 58.6 Å². The molecule has 4 nitrogen and oxygen atoms in total. The van der Waals surface area contributed by atoms with Gasteiger partial charge in [0.15, 0.2) is 0 Å². The van der Waals surface area contributed by atoms with Crippen molar-refractivity contribution in [1.82, 2.24) is 5.32 Å². The maximum atomic E-state index is 10.8. The summed E-state index contributed by atoms with van der Waals surface area (Å²) in [5, 5.41) is 12.8. The predicted molar refractivity (Wildman–Crippen MR) is 77.4 cm³/mol. The molecular formula is C13H29NO3S. The summed E-state index contributed by atoms with van der Waals surface area (Å²) in [4.78, 5) is 0. The van der Waals surface area contributed by atoms with Gasteiger partial charge in [-0.05, 0) is 19.4 Å². The molecule has 110 valence electrons. The molecule has 0 rings (SSSR count). The minimum Gasteiger partial charge on any atom is -0.389 e. The van der Waals surface area contributed by atoms with Gasteiger partial charge in [0.05, 0.1) is 12.7 Å². The third kappa shape index (κ3) is 14.1. The molecule has 0 amide bonds. The second kappa shape index (κ2) is 13.5. The minimum atomic E-state index is -0.716. The molecule has 0 saturated carbocycles. The first-order valence-electron chi connectivity index (χ1n) is 6.93. The van der Waals surface area contributed by atoms with Crippen molar-refractivity contribution < 1.29 is 14.1 Å². The first-order valence-corrected chi connectivity index (χ1v) is 8.66. The Morgan fingerprint density at radius 2 is 2.06 bits per heavy atom. The number of ether oxygens (including phenoxy) is 1. The summed E-state index contributed by atoms with van der Waals surface area (Å²) >= 11 is 0. The molecule has 2 atom stereocenters. The zero-order valence-electron chi connectivity index (χ0n) is 11.8. The maximum absolute atomic E-state index is 10.8. The Hall–Kier alpha value is 0.0300. The standard InChI is InChI=1S/C13H29NO3S/c1-3-4-5-6-9-17-12-13(15)11-14-8-7-10-18(2)16/h13-15H,3-12H2,1-2H3. The van der Waals surface area contributed by atoms with Gasteiger partial charge in [0, 0.05) is 36.0 Å². The Balaban J connectivity index is 3.17. The fraction of sp³-hybridized carbons (Fsp3) is 1.00. The van der Waals surface area contributed by atoms with E-state index in [0.29, 0.717) is 13.2 Å². The van der Waals surface area contributed by atoms with Crippen LogP contribution in [0.2, 0.25) is 0 Å². The number of aliphatic hydroxyl groups is 1. The van der Waals surface area contributed by atoms with E-state index in [4.69, 9.17) is 4.74 Å². The summed E-state index contributed by atoms with van der Waals surface area (Å²) in [6.07, 6.45) is 6.93. The van der Waals surface area contributed by atoms with Crippen LogP contribution in [0, 0.1) is 0 Å². The quantitative estimate of drug-likeness (QED) is 0.499. The minimum absolute atomic E-state index is 0.402. The van der Waals surface area contributed by atoms with Crippen molar-refractivity contribution in [3.8, 4) is 0 Å². The van der Waals surface area contributed by atoms with Crippen LogP contribution in [0.4, 0.5) is 0 Å². The summed E-state index contributed by atoms with van der Waals surface area (Å²) in [7, 11) is -0.716. The molecule has 0 spiro atoms. The van der Waals surface area contributed by atoms with E-state index in [2.05, 4.69) is 12.2 Å². The van der Waals surface area contributed by atoms with Crippen molar-refractivity contribution in [2.24, 2.45) is 0 Å². The maximum Gasteiger partial charge on any atom is 0.0897 e. The molecule has 0 aromatic rings. The van der Waals surface area contributed by atoms with Crippen molar-refractivity contribution in [3.05, 3.63) is 0 Å². The molecule has 0 aromatic carbocycles. The zero-order chi connectivity index (χ0) is 13.6. The number of hydrogen-bond acceptors (Lipinski definition) is 4. The van der Waals surface area contributed by atoms with Crippen molar-refractivity contribution >= 4 is 10.8 Å². The molecule has 18 heavy (non-hydrogen) atoms. The van der Waals surface area contributed by atoms with E-state index in [-0.39, 0.29) is 0 Å². The smallest absolute Gasteiger partial charge is 0.0897 e. The Labute approximate surface area is 114 Å². The Morgan fingerprint density at radius 1 is 1.28 bits per heavy atom. The highest BCUT2D eigenvalue weighted by Gasteiger charge is 2.03. The molecule has 0 aliphatic heterocycles. The third-order valence-corrected chi connectivity index (χ3v) is 3.48. The van der Waals surface area contributed by atoms with Crippen molar-refractivity contribution in [3.63, 3.8) is 0 Å². The second-order valence-corrected chi connectivity index (χ2v) is 6.18. The van der Waals surface area contributed by atoms with E-state index in [9.17, 15) is 9.32 Å². The largest absolute Gasteiger partial charge is 0.389 e. The number of hydrogen-bond donors (Lipinski definition) is 2. The average molecular weight is 279 g/mol. The zero-order valence-corrected chi connectivity index (χ0v) is 12.6. The monoisotopic (exact) mass is 279 g/mol. The molecule has 2 unspecified atom stereocenters. The van der Waals surface area contributed by atoms with Crippen LogP contribution >= 0.6 is 0 Å². The van der Waals surface area contributed by atoms with Crippen LogP contribution < -0.4 is 5.32 Å². The van der Waals surface area contributed by atoms with E-state index in [1.165, 1.54) is 19.3 Å². The molecule has 0 fully saturated rings. The molecule has 0 aliphatic carbocycles. The van der Waals surface area contributed by atoms with Gasteiger partial charge in [-0.25, -0.2) is 0 Å². The van der Waals surface area contributed by atoms with E-state index < -0.39 is 16.9 Å². The Bertz CT molecular complexity index is 203. The van der Waals surface area contributed by atoms with Crippen LogP contribution in [0.3, 0.4) is 0 Å². The lowest BCUT2D eigenvalue weighted by Crippen LogP contribution is -2.31. The van der Waals surface area contributed by atoms with E-state index in [1.54, 1.807) is 6.26 Å². The van der Waals surface area contributed by atoms with Crippen molar-refractivity contribution in [2.75, 3.05) is 38.3 Å². The van der Waals surface area contributed by atoms with Gasteiger partial charge in [0.2, 0.25) is 0 Å². The summed E-state index contributed by atoms with van der Waals surface area (Å²) < 4.78 is 16.2. The van der Waals surface area contributed by atoms with E-state index in [0.717, 1.165) is 31.7 Å². The molecule has 0 bridgehead atoms. The predicted octanol–water partition coefficient (Wildman–Crippen LogP) is 1.30. The molecule has 0 aliphatic rings. The van der Waals surface area contributed by atoms with Gasteiger partial charge >= 0.3 is 0 Å². The summed E-state index contributed by atoms with van der Waals surface area (Å²) in [6, 6.07) is 0. The Morgan fingerprint density at radius 3 is 2.72 bits per heavy atom. The fourth-order valence-corrected chi connectivity index (χ4v) is 2.13. The van der Waals surface area contributed by atoms with Gasteiger partial charge in [0.1, 0.15) is 0 Å². The molecule has 0 heterocycles. The SMILES string of the molecule is CCCCCCOCC(O)CNCCCS(C)=O. The highest BCUT2D eigenvalue weighted by Crippen LogP contribution is 1.99.